The molecule has 0 atom stereocenters. The second-order valence-corrected chi connectivity index (χ2v) is 5.77. The van der Waals surface area contributed by atoms with Gasteiger partial charge in [-0.25, -0.2) is 0 Å². The maximum Gasteiger partial charge on any atom is 0.243 e. The van der Waals surface area contributed by atoms with Crippen LogP contribution in [0.15, 0.2) is 30.3 Å². The van der Waals surface area contributed by atoms with Crippen molar-refractivity contribution in [1.29, 1.82) is 0 Å². The van der Waals surface area contributed by atoms with Gasteiger partial charge in [-0.15, -0.1) is 0 Å². The lowest BCUT2D eigenvalue weighted by Gasteiger charge is -2.03. The van der Waals surface area contributed by atoms with E-state index in [4.69, 9.17) is 5.73 Å². The van der Waals surface area contributed by atoms with Crippen molar-refractivity contribution in [2.45, 2.75) is 58.3 Å². The summed E-state index contributed by atoms with van der Waals surface area (Å²) in [6.45, 7) is 3.00. The first kappa shape index (κ1) is 18.3. The molecule has 0 aromatic heterocycles. The summed E-state index contributed by atoms with van der Waals surface area (Å²) in [5, 5.41) is 2.92. The lowest BCUT2D eigenvalue weighted by molar-refractivity contribution is -0.116. The van der Waals surface area contributed by atoms with Gasteiger partial charge in [0.2, 0.25) is 5.91 Å². The van der Waals surface area contributed by atoms with Gasteiger partial charge in [0.05, 0.1) is 0 Å². The minimum absolute atomic E-state index is 0.0367. The standard InChI is InChI=1S/C19H30N2O/c1-2-3-4-5-6-7-8-9-15-21-19(22)14-13-17-11-10-12-18(20)16-17/h10-14,16H,2-9,15,20H2,1H3,(H,21,22)/b14-13+. The van der Waals surface area contributed by atoms with Gasteiger partial charge in [0, 0.05) is 18.3 Å². The Hall–Kier alpha value is -1.77. The van der Waals surface area contributed by atoms with E-state index in [9.17, 15) is 4.79 Å². The molecular weight excluding hydrogens is 272 g/mol. The van der Waals surface area contributed by atoms with Gasteiger partial charge in [0.25, 0.3) is 0 Å². The third kappa shape index (κ3) is 9.22. The van der Waals surface area contributed by atoms with Gasteiger partial charge in [-0.1, -0.05) is 64.0 Å². The number of carbonyl (C=O) groups is 1. The Kier molecular flexibility index (Phi) is 9.84. The molecule has 3 nitrogen and oxygen atoms in total. The number of anilines is 1. The van der Waals surface area contributed by atoms with Gasteiger partial charge in [-0.3, -0.25) is 4.79 Å². The first-order chi connectivity index (χ1) is 10.7. The minimum atomic E-state index is -0.0367. The SMILES string of the molecule is CCCCCCCCCCNC(=O)/C=C/c1cccc(N)c1. The molecule has 0 radical (unpaired) electrons. The molecule has 0 fully saturated rings. The maximum absolute atomic E-state index is 11.7. The van der Waals surface area contributed by atoms with Gasteiger partial charge in [-0.2, -0.15) is 0 Å². The highest BCUT2D eigenvalue weighted by Crippen LogP contribution is 2.09. The Bertz CT molecular complexity index is 455. The summed E-state index contributed by atoms with van der Waals surface area (Å²) in [4.78, 5) is 11.7. The minimum Gasteiger partial charge on any atom is -0.399 e. The van der Waals surface area contributed by atoms with Gasteiger partial charge in [0.1, 0.15) is 0 Å². The Morgan fingerprint density at radius 2 is 1.77 bits per heavy atom. The van der Waals surface area contributed by atoms with E-state index in [-0.39, 0.29) is 5.91 Å². The molecule has 1 amide bonds. The molecule has 3 heteroatoms. The molecule has 0 unspecified atom stereocenters. The molecule has 122 valence electrons. The molecule has 0 spiro atoms. The number of unbranched alkanes of at least 4 members (excludes halogenated alkanes) is 7. The van der Waals surface area contributed by atoms with Crippen molar-refractivity contribution in [3.8, 4) is 0 Å². The van der Waals surface area contributed by atoms with Crippen LogP contribution >= 0.6 is 0 Å². The average molecular weight is 302 g/mol. The van der Waals surface area contributed by atoms with Crippen molar-refractivity contribution >= 4 is 17.7 Å². The molecule has 1 rings (SSSR count). The summed E-state index contributed by atoms with van der Waals surface area (Å²) < 4.78 is 0. The third-order valence-corrected chi connectivity index (χ3v) is 3.67. The average Bonchev–Trinajstić information content (AvgIpc) is 2.51. The number of amides is 1. The molecule has 3 N–H and O–H groups in total. The molecule has 0 bridgehead atoms. The van der Waals surface area contributed by atoms with E-state index in [1.54, 1.807) is 12.2 Å². The third-order valence-electron chi connectivity index (χ3n) is 3.67. The van der Waals surface area contributed by atoms with E-state index < -0.39 is 0 Å². The number of benzene rings is 1. The van der Waals surface area contributed by atoms with E-state index in [2.05, 4.69) is 12.2 Å². The van der Waals surface area contributed by atoms with Crippen LogP contribution in [-0.4, -0.2) is 12.5 Å². The van der Waals surface area contributed by atoms with E-state index in [1.807, 2.05) is 24.3 Å². The van der Waals surface area contributed by atoms with Crippen LogP contribution in [0.25, 0.3) is 6.08 Å². The molecule has 0 aliphatic carbocycles. The number of hydrogen-bond donors (Lipinski definition) is 2. The normalized spacial score (nSPS) is 11.0. The fourth-order valence-electron chi connectivity index (χ4n) is 2.36. The molecule has 1 aromatic carbocycles. The fraction of sp³-hybridized carbons (Fsp3) is 0.526. The molecule has 0 heterocycles. The Balaban J connectivity index is 2.04. The number of carbonyl (C=O) groups excluding carboxylic acids is 1. The summed E-state index contributed by atoms with van der Waals surface area (Å²) in [6, 6.07) is 7.49. The molecular formula is C19H30N2O. The van der Waals surface area contributed by atoms with Crippen LogP contribution in [0.4, 0.5) is 5.69 Å². The lowest BCUT2D eigenvalue weighted by Crippen LogP contribution is -2.21. The van der Waals surface area contributed by atoms with Gasteiger partial charge < -0.3 is 11.1 Å². The van der Waals surface area contributed by atoms with Crippen LogP contribution in [0.5, 0.6) is 0 Å². The van der Waals surface area contributed by atoms with Crippen LogP contribution in [0.1, 0.15) is 63.9 Å². The van der Waals surface area contributed by atoms with Gasteiger partial charge >= 0.3 is 0 Å². The topological polar surface area (TPSA) is 55.1 Å². The maximum atomic E-state index is 11.7. The highest BCUT2D eigenvalue weighted by Gasteiger charge is 1.96. The van der Waals surface area contributed by atoms with Crippen molar-refractivity contribution in [2.75, 3.05) is 12.3 Å². The largest absolute Gasteiger partial charge is 0.399 e. The second kappa shape index (κ2) is 11.8. The molecule has 0 saturated carbocycles. The molecule has 22 heavy (non-hydrogen) atoms. The second-order valence-electron chi connectivity index (χ2n) is 5.77. The number of nitrogen functional groups attached to an aromatic ring is 1. The predicted molar refractivity (Wildman–Crippen MR) is 95.5 cm³/mol. The van der Waals surface area contributed by atoms with Crippen molar-refractivity contribution in [2.24, 2.45) is 0 Å². The van der Waals surface area contributed by atoms with E-state index in [0.717, 1.165) is 18.5 Å². The van der Waals surface area contributed by atoms with Crippen LogP contribution in [0.3, 0.4) is 0 Å². The predicted octanol–water partition coefficient (Wildman–Crippen LogP) is 4.54. The van der Waals surface area contributed by atoms with Crippen LogP contribution in [0, 0.1) is 0 Å². The van der Waals surface area contributed by atoms with Crippen molar-refractivity contribution < 1.29 is 4.79 Å². The van der Waals surface area contributed by atoms with Crippen molar-refractivity contribution in [1.82, 2.24) is 5.32 Å². The van der Waals surface area contributed by atoms with E-state index in [1.165, 1.54) is 44.9 Å². The first-order valence-electron chi connectivity index (χ1n) is 8.54. The summed E-state index contributed by atoms with van der Waals surface area (Å²) in [6.07, 6.45) is 13.6. The number of hydrogen-bond acceptors (Lipinski definition) is 2. The van der Waals surface area contributed by atoms with Crippen molar-refractivity contribution in [3.05, 3.63) is 35.9 Å². The van der Waals surface area contributed by atoms with Crippen LogP contribution < -0.4 is 11.1 Å². The molecule has 0 aliphatic heterocycles. The molecule has 0 saturated heterocycles. The van der Waals surface area contributed by atoms with Crippen LogP contribution in [-0.2, 0) is 4.79 Å². The number of nitrogens with one attached hydrogen (secondary N) is 1. The Morgan fingerprint density at radius 1 is 1.09 bits per heavy atom. The smallest absolute Gasteiger partial charge is 0.243 e. The van der Waals surface area contributed by atoms with E-state index in [0.29, 0.717) is 5.69 Å². The van der Waals surface area contributed by atoms with Crippen LogP contribution in [0.2, 0.25) is 0 Å². The highest BCUT2D eigenvalue weighted by atomic mass is 16.1. The lowest BCUT2D eigenvalue weighted by atomic mass is 10.1. The summed E-state index contributed by atoms with van der Waals surface area (Å²) in [5.74, 6) is -0.0367. The Morgan fingerprint density at radius 3 is 2.45 bits per heavy atom. The zero-order valence-corrected chi connectivity index (χ0v) is 13.8. The summed E-state index contributed by atoms with van der Waals surface area (Å²) >= 11 is 0. The quantitative estimate of drug-likeness (QED) is 0.358. The highest BCUT2D eigenvalue weighted by molar-refractivity contribution is 5.91. The van der Waals surface area contributed by atoms with Gasteiger partial charge in [-0.05, 0) is 30.2 Å². The zero-order valence-electron chi connectivity index (χ0n) is 13.8. The number of rotatable bonds is 11. The monoisotopic (exact) mass is 302 g/mol. The summed E-state index contributed by atoms with van der Waals surface area (Å²) in [7, 11) is 0. The van der Waals surface area contributed by atoms with E-state index >= 15 is 0 Å². The first-order valence-corrected chi connectivity index (χ1v) is 8.54. The van der Waals surface area contributed by atoms with Crippen molar-refractivity contribution in [3.63, 3.8) is 0 Å². The summed E-state index contributed by atoms with van der Waals surface area (Å²) in [5.41, 5.74) is 7.35. The van der Waals surface area contributed by atoms with Gasteiger partial charge in [0.15, 0.2) is 0 Å². The number of nitrogens with two attached hydrogens (primary N) is 1. The molecule has 1 aromatic rings. The zero-order chi connectivity index (χ0) is 16.0. The molecule has 0 aliphatic rings. The Labute approximate surface area is 135 Å². The fourth-order valence-corrected chi connectivity index (χ4v) is 2.36.